The number of ether oxygens (including phenoxy) is 1. The Morgan fingerprint density at radius 3 is 2.38 bits per heavy atom. The van der Waals surface area contributed by atoms with Gasteiger partial charge in [0.2, 0.25) is 0 Å². The predicted octanol–water partition coefficient (Wildman–Crippen LogP) is 7.77. The molecule has 0 aliphatic heterocycles. The summed E-state index contributed by atoms with van der Waals surface area (Å²) in [4.78, 5) is 25.1. The van der Waals surface area contributed by atoms with Crippen LogP contribution in [0.1, 0.15) is 46.1 Å². The minimum atomic E-state index is -0.139. The van der Waals surface area contributed by atoms with E-state index in [9.17, 15) is 9.59 Å². The van der Waals surface area contributed by atoms with Crippen LogP contribution >= 0.6 is 24.2 Å². The van der Waals surface area contributed by atoms with Gasteiger partial charge in [0.1, 0.15) is 6.29 Å². The number of fused-ring (bicyclic) bond motifs is 1. The van der Waals surface area contributed by atoms with Crippen molar-refractivity contribution in [3.05, 3.63) is 112 Å². The minimum absolute atomic E-state index is 0.139. The van der Waals surface area contributed by atoms with Crippen molar-refractivity contribution in [1.29, 1.82) is 0 Å². The first-order valence-corrected chi connectivity index (χ1v) is 12.6. The van der Waals surface area contributed by atoms with E-state index in [-0.39, 0.29) is 5.12 Å². The molecule has 192 valence electrons. The third-order valence-corrected chi connectivity index (χ3v) is 5.40. The summed E-state index contributed by atoms with van der Waals surface area (Å²) >= 11 is 9.41. The summed E-state index contributed by atoms with van der Waals surface area (Å²) in [6.07, 6.45) is 7.93. The topological polar surface area (TPSA) is 56.3 Å². The second-order valence-corrected chi connectivity index (χ2v) is 9.32. The highest BCUT2D eigenvalue weighted by atomic mass is 35.5. The van der Waals surface area contributed by atoms with E-state index in [0.29, 0.717) is 5.02 Å². The first kappa shape index (κ1) is 30.0. The lowest BCUT2D eigenvalue weighted by molar-refractivity contribution is -0.108. The highest BCUT2D eigenvalue weighted by Crippen LogP contribution is 2.19. The van der Waals surface area contributed by atoms with Crippen LogP contribution in [0, 0.1) is 0 Å². The number of thiol groups is 1. The van der Waals surface area contributed by atoms with Gasteiger partial charge >= 0.3 is 0 Å². The Balaban J connectivity index is 0.000000616. The molecule has 0 fully saturated rings. The molecule has 0 aliphatic rings. The number of aldehydes is 1. The maximum Gasteiger partial charge on any atom is 0.182 e. The average Bonchev–Trinajstić information content (AvgIpc) is 2.88. The van der Waals surface area contributed by atoms with Crippen LogP contribution in [0.5, 0.6) is 0 Å². The Hall–Kier alpha value is -3.25. The summed E-state index contributed by atoms with van der Waals surface area (Å²) in [5.74, 6) is 0. The van der Waals surface area contributed by atoms with E-state index in [1.165, 1.54) is 12.5 Å². The van der Waals surface area contributed by atoms with Gasteiger partial charge < -0.3 is 4.74 Å². The fourth-order valence-electron chi connectivity index (χ4n) is 3.59. The molecule has 0 aliphatic carbocycles. The molecule has 0 bridgehead atoms. The van der Waals surface area contributed by atoms with Gasteiger partial charge in [-0.05, 0) is 60.2 Å². The Morgan fingerprint density at radius 1 is 0.946 bits per heavy atom. The molecule has 6 heteroatoms. The molecule has 0 atom stereocenters. The number of methoxy groups -OCH3 is 1. The fraction of sp³-hybridized carbons (Fsp3) is 0.194. The summed E-state index contributed by atoms with van der Waals surface area (Å²) in [5, 5.41) is 1.63. The Kier molecular flexibility index (Phi) is 13.4. The number of pyridine rings is 1. The highest BCUT2D eigenvalue weighted by Gasteiger charge is 2.02. The van der Waals surface area contributed by atoms with Gasteiger partial charge in [0, 0.05) is 37.1 Å². The number of halogens is 1. The third-order valence-electron chi connectivity index (χ3n) is 5.17. The number of carbonyl (C=O) groups is 2. The van der Waals surface area contributed by atoms with E-state index in [4.69, 9.17) is 11.6 Å². The van der Waals surface area contributed by atoms with E-state index < -0.39 is 0 Å². The smallest absolute Gasteiger partial charge is 0.182 e. The van der Waals surface area contributed by atoms with Gasteiger partial charge in [-0.2, -0.15) is 0 Å². The van der Waals surface area contributed by atoms with E-state index in [2.05, 4.69) is 58.8 Å². The van der Waals surface area contributed by atoms with Gasteiger partial charge in [-0.15, -0.1) is 12.6 Å². The standard InChI is InChI=1S/C27H22ClNO.C2H4OS.C2H6O/c28-25-14-12-23-13-16-26(29-27(23)18-25)15-11-21-6-3-5-20(17-21)7-4-10-22-8-1-2-9-24(22)19-30;1-2(3)4;1-3-2/h1-3,5-6,8-9,11-19H,4,7,10H2;1H3,(H,3,4);1-2H3/b15-11+;;. The molecular formula is C31H32ClNO3S. The first-order chi connectivity index (χ1) is 17.9. The third kappa shape index (κ3) is 11.1. The summed E-state index contributed by atoms with van der Waals surface area (Å²) in [7, 11) is 3.25. The zero-order chi connectivity index (χ0) is 27.0. The number of hydrogen-bond acceptors (Lipinski definition) is 4. The van der Waals surface area contributed by atoms with Gasteiger partial charge in [0.25, 0.3) is 0 Å². The van der Waals surface area contributed by atoms with Crippen LogP contribution in [0.25, 0.3) is 23.1 Å². The van der Waals surface area contributed by atoms with Crippen LogP contribution < -0.4 is 0 Å². The number of carbonyl (C=O) groups excluding carboxylic acids is 2. The molecule has 0 saturated carbocycles. The molecule has 4 rings (SSSR count). The number of aryl methyl sites for hydroxylation is 2. The largest absolute Gasteiger partial charge is 0.388 e. The van der Waals surface area contributed by atoms with Crippen molar-refractivity contribution in [2.75, 3.05) is 14.2 Å². The van der Waals surface area contributed by atoms with Crippen LogP contribution in [0.4, 0.5) is 0 Å². The zero-order valence-corrected chi connectivity index (χ0v) is 23.0. The predicted molar refractivity (Wildman–Crippen MR) is 159 cm³/mol. The van der Waals surface area contributed by atoms with Crippen molar-refractivity contribution in [2.45, 2.75) is 26.2 Å². The summed E-state index contributed by atoms with van der Waals surface area (Å²) in [6, 6.07) is 26.2. The summed E-state index contributed by atoms with van der Waals surface area (Å²) in [6.45, 7) is 1.39. The van der Waals surface area contributed by atoms with Crippen LogP contribution in [0.15, 0.2) is 78.9 Å². The number of benzene rings is 3. The maximum atomic E-state index is 11.2. The Labute approximate surface area is 229 Å². The molecule has 0 amide bonds. The van der Waals surface area contributed by atoms with E-state index >= 15 is 0 Å². The van der Waals surface area contributed by atoms with Crippen LogP contribution in [0.3, 0.4) is 0 Å². The molecule has 4 nitrogen and oxygen atoms in total. The second-order valence-electron chi connectivity index (χ2n) is 8.25. The van der Waals surface area contributed by atoms with Crippen LogP contribution in [-0.2, 0) is 22.4 Å². The van der Waals surface area contributed by atoms with Crippen LogP contribution in [0.2, 0.25) is 5.02 Å². The van der Waals surface area contributed by atoms with Crippen molar-refractivity contribution >= 4 is 58.7 Å². The zero-order valence-electron chi connectivity index (χ0n) is 21.4. The maximum absolute atomic E-state index is 11.2. The van der Waals surface area contributed by atoms with Crippen LogP contribution in [-0.4, -0.2) is 30.6 Å². The van der Waals surface area contributed by atoms with Gasteiger partial charge in [0.15, 0.2) is 5.12 Å². The van der Waals surface area contributed by atoms with Gasteiger partial charge in [-0.25, -0.2) is 4.98 Å². The lowest BCUT2D eigenvalue weighted by Crippen LogP contribution is -1.95. The first-order valence-electron chi connectivity index (χ1n) is 11.8. The highest BCUT2D eigenvalue weighted by molar-refractivity contribution is 7.96. The van der Waals surface area contributed by atoms with Crippen molar-refractivity contribution in [3.8, 4) is 0 Å². The van der Waals surface area contributed by atoms with E-state index in [1.807, 2.05) is 54.6 Å². The van der Waals surface area contributed by atoms with Gasteiger partial charge in [-0.3, -0.25) is 9.59 Å². The molecular weight excluding hydrogens is 502 g/mol. The number of rotatable bonds is 7. The SMILES string of the molecule is CC(=O)S.COC.O=Cc1ccccc1CCCc1cccc(/C=C/c2ccc3ccc(Cl)cc3n2)c1. The van der Waals surface area contributed by atoms with Crippen molar-refractivity contribution < 1.29 is 14.3 Å². The lowest BCUT2D eigenvalue weighted by atomic mass is 9.99. The lowest BCUT2D eigenvalue weighted by Gasteiger charge is -2.06. The molecule has 0 spiro atoms. The Bertz CT molecular complexity index is 1330. The average molecular weight is 534 g/mol. The molecule has 4 aromatic rings. The van der Waals surface area contributed by atoms with Gasteiger partial charge in [-0.1, -0.05) is 78.3 Å². The van der Waals surface area contributed by atoms with E-state index in [1.54, 1.807) is 14.2 Å². The summed E-state index contributed by atoms with van der Waals surface area (Å²) < 4.78 is 4.25. The molecule has 0 saturated heterocycles. The van der Waals surface area contributed by atoms with Gasteiger partial charge in [0.05, 0.1) is 11.2 Å². The normalized spacial score (nSPS) is 10.3. The number of nitrogens with zero attached hydrogens (tertiary/aromatic N) is 1. The second kappa shape index (κ2) is 16.5. The molecule has 3 aromatic carbocycles. The summed E-state index contributed by atoms with van der Waals surface area (Å²) in [5.41, 5.74) is 6.15. The number of hydrogen-bond donors (Lipinski definition) is 1. The fourth-order valence-corrected chi connectivity index (χ4v) is 3.76. The Morgan fingerprint density at radius 2 is 1.65 bits per heavy atom. The molecule has 0 radical (unpaired) electrons. The van der Waals surface area contributed by atoms with E-state index in [0.717, 1.165) is 58.8 Å². The van der Waals surface area contributed by atoms with Crippen molar-refractivity contribution in [1.82, 2.24) is 4.98 Å². The number of aromatic nitrogens is 1. The molecule has 37 heavy (non-hydrogen) atoms. The molecule has 1 heterocycles. The van der Waals surface area contributed by atoms with Crippen molar-refractivity contribution in [3.63, 3.8) is 0 Å². The monoisotopic (exact) mass is 533 g/mol. The minimum Gasteiger partial charge on any atom is -0.388 e. The van der Waals surface area contributed by atoms with Crippen molar-refractivity contribution in [2.24, 2.45) is 0 Å². The molecule has 1 aromatic heterocycles. The molecule has 0 N–H and O–H groups in total. The molecule has 0 unspecified atom stereocenters. The quantitative estimate of drug-likeness (QED) is 0.195.